The lowest BCUT2D eigenvalue weighted by atomic mass is 10.1. The third-order valence-electron chi connectivity index (χ3n) is 2.55. The maximum Gasteiger partial charge on any atom is 0.324 e. The highest BCUT2D eigenvalue weighted by molar-refractivity contribution is 7.13. The molecule has 0 spiro atoms. The average molecular weight is 273 g/mol. The Kier molecular flexibility index (Phi) is 4.11. The van der Waals surface area contributed by atoms with Gasteiger partial charge in [-0.15, -0.1) is 0 Å². The van der Waals surface area contributed by atoms with Crippen molar-refractivity contribution in [3.05, 3.63) is 57.0 Å². The fraction of sp³-hybridized carbons (Fsp3) is 0.154. The van der Waals surface area contributed by atoms with Gasteiger partial charge in [-0.3, -0.25) is 10.1 Å². The summed E-state index contributed by atoms with van der Waals surface area (Å²) in [5.41, 5.74) is 2.78. The van der Waals surface area contributed by atoms with E-state index in [2.05, 4.69) is 11.4 Å². The molecule has 0 saturated heterocycles. The molecule has 0 fully saturated rings. The summed E-state index contributed by atoms with van der Waals surface area (Å²) in [6, 6.07) is 11.2. The van der Waals surface area contributed by atoms with Gasteiger partial charge < -0.3 is 5.32 Å². The largest absolute Gasteiger partial charge is 0.381 e. The van der Waals surface area contributed by atoms with Gasteiger partial charge in [0.05, 0.1) is 17.4 Å². The molecule has 0 aliphatic heterocycles. The molecule has 1 N–H and O–H groups in total. The number of nitrogens with one attached hydrogen (secondary N) is 1. The Hall–Kier alpha value is -2.39. The van der Waals surface area contributed by atoms with E-state index in [1.165, 1.54) is 0 Å². The average Bonchev–Trinajstić information content (AvgIpc) is 2.87. The van der Waals surface area contributed by atoms with Crippen LogP contribution in [0.3, 0.4) is 0 Å². The monoisotopic (exact) mass is 273 g/mol. The second-order valence-corrected chi connectivity index (χ2v) is 4.83. The molecule has 0 radical (unpaired) electrons. The van der Waals surface area contributed by atoms with Gasteiger partial charge >= 0.3 is 5.00 Å². The Bertz CT molecular complexity index is 614. The van der Waals surface area contributed by atoms with Crippen LogP contribution in [0.5, 0.6) is 0 Å². The van der Waals surface area contributed by atoms with Crippen LogP contribution in [0, 0.1) is 21.4 Å². The SMILES string of the molecule is N#CCc1ccc(NCc2csc([N+](=O)[O-])c2)cc1. The number of hydrogen-bond donors (Lipinski definition) is 1. The Morgan fingerprint density at radius 1 is 1.32 bits per heavy atom. The van der Waals surface area contributed by atoms with Crippen LogP contribution in [-0.2, 0) is 13.0 Å². The fourth-order valence-corrected chi connectivity index (χ4v) is 2.32. The summed E-state index contributed by atoms with van der Waals surface area (Å²) in [6.45, 7) is 0.544. The molecule has 96 valence electrons. The van der Waals surface area contributed by atoms with Crippen molar-refractivity contribution < 1.29 is 4.92 Å². The zero-order valence-corrected chi connectivity index (χ0v) is 10.8. The lowest BCUT2D eigenvalue weighted by Gasteiger charge is -2.05. The van der Waals surface area contributed by atoms with Crippen molar-refractivity contribution in [1.82, 2.24) is 0 Å². The highest BCUT2D eigenvalue weighted by atomic mass is 32.1. The van der Waals surface area contributed by atoms with Crippen LogP contribution in [-0.4, -0.2) is 4.92 Å². The van der Waals surface area contributed by atoms with Crippen molar-refractivity contribution in [2.24, 2.45) is 0 Å². The van der Waals surface area contributed by atoms with Crippen LogP contribution in [0.15, 0.2) is 35.7 Å². The van der Waals surface area contributed by atoms with E-state index < -0.39 is 0 Å². The minimum Gasteiger partial charge on any atom is -0.381 e. The molecule has 19 heavy (non-hydrogen) atoms. The molecule has 0 amide bonds. The van der Waals surface area contributed by atoms with E-state index in [-0.39, 0.29) is 9.92 Å². The molecular formula is C13H11N3O2S. The number of anilines is 1. The van der Waals surface area contributed by atoms with E-state index in [0.717, 1.165) is 28.2 Å². The quantitative estimate of drug-likeness (QED) is 0.669. The molecule has 2 rings (SSSR count). The molecule has 1 aromatic heterocycles. The van der Waals surface area contributed by atoms with Crippen molar-refractivity contribution in [2.45, 2.75) is 13.0 Å². The van der Waals surface area contributed by atoms with Crippen molar-refractivity contribution in [3.8, 4) is 6.07 Å². The van der Waals surface area contributed by atoms with Crippen molar-refractivity contribution in [1.29, 1.82) is 5.26 Å². The van der Waals surface area contributed by atoms with E-state index >= 15 is 0 Å². The normalized spacial score (nSPS) is 9.84. The molecular weight excluding hydrogens is 262 g/mol. The highest BCUT2D eigenvalue weighted by Crippen LogP contribution is 2.23. The Morgan fingerprint density at radius 2 is 2.05 bits per heavy atom. The summed E-state index contributed by atoms with van der Waals surface area (Å²) >= 11 is 1.13. The van der Waals surface area contributed by atoms with Gasteiger partial charge in [0.15, 0.2) is 0 Å². The van der Waals surface area contributed by atoms with Crippen molar-refractivity contribution >= 4 is 22.0 Å². The zero-order chi connectivity index (χ0) is 13.7. The Morgan fingerprint density at radius 3 is 2.63 bits per heavy atom. The second-order valence-electron chi connectivity index (χ2n) is 3.94. The van der Waals surface area contributed by atoms with Gasteiger partial charge in [0.25, 0.3) is 0 Å². The predicted octanol–water partition coefficient (Wildman–Crippen LogP) is 3.33. The van der Waals surface area contributed by atoms with E-state index in [1.54, 1.807) is 11.4 Å². The number of nitriles is 1. The molecule has 1 heterocycles. The van der Waals surface area contributed by atoms with Gasteiger partial charge in [-0.2, -0.15) is 5.26 Å². The van der Waals surface area contributed by atoms with E-state index in [9.17, 15) is 10.1 Å². The topological polar surface area (TPSA) is 79.0 Å². The highest BCUT2D eigenvalue weighted by Gasteiger charge is 2.08. The predicted molar refractivity (Wildman–Crippen MR) is 74.1 cm³/mol. The van der Waals surface area contributed by atoms with Gasteiger partial charge in [0, 0.05) is 23.7 Å². The maximum atomic E-state index is 10.6. The van der Waals surface area contributed by atoms with E-state index in [0.29, 0.717) is 13.0 Å². The summed E-state index contributed by atoms with van der Waals surface area (Å²) in [4.78, 5) is 10.2. The third kappa shape index (κ3) is 3.53. The molecule has 0 bridgehead atoms. The standard InChI is InChI=1S/C13H11N3O2S/c14-6-5-10-1-3-12(4-2-10)15-8-11-7-13(16(17)18)19-9-11/h1-4,7,9,15H,5,8H2. The molecule has 0 atom stereocenters. The molecule has 6 heteroatoms. The Balaban J connectivity index is 1.94. The summed E-state index contributed by atoms with van der Waals surface area (Å²) in [5, 5.41) is 24.2. The minimum absolute atomic E-state index is 0.154. The van der Waals surface area contributed by atoms with Crippen molar-refractivity contribution in [3.63, 3.8) is 0 Å². The van der Waals surface area contributed by atoms with Gasteiger partial charge in [-0.1, -0.05) is 23.5 Å². The number of nitrogens with zero attached hydrogens (tertiary/aromatic N) is 2. The molecule has 0 aliphatic carbocycles. The van der Waals surface area contributed by atoms with Crippen LogP contribution in [0.4, 0.5) is 10.7 Å². The van der Waals surface area contributed by atoms with Gasteiger partial charge in [-0.05, 0) is 23.3 Å². The number of nitro groups is 1. The Labute approximate surface area is 114 Å². The van der Waals surface area contributed by atoms with Gasteiger partial charge in [-0.25, -0.2) is 0 Å². The van der Waals surface area contributed by atoms with E-state index in [4.69, 9.17) is 5.26 Å². The van der Waals surface area contributed by atoms with Crippen LogP contribution < -0.4 is 5.32 Å². The van der Waals surface area contributed by atoms with Crippen LogP contribution in [0.2, 0.25) is 0 Å². The number of rotatable bonds is 5. The summed E-state index contributed by atoms with van der Waals surface area (Å²) in [7, 11) is 0. The first-order valence-electron chi connectivity index (χ1n) is 5.60. The molecule has 1 aromatic carbocycles. The lowest BCUT2D eigenvalue weighted by molar-refractivity contribution is -0.380. The first-order valence-corrected chi connectivity index (χ1v) is 6.48. The van der Waals surface area contributed by atoms with Crippen molar-refractivity contribution in [2.75, 3.05) is 5.32 Å². The first kappa shape index (κ1) is 13.1. The zero-order valence-electron chi connectivity index (χ0n) is 10.00. The van der Waals surface area contributed by atoms with Crippen LogP contribution in [0.25, 0.3) is 0 Å². The number of hydrogen-bond acceptors (Lipinski definition) is 5. The molecule has 2 aromatic rings. The van der Waals surface area contributed by atoms with E-state index in [1.807, 2.05) is 24.3 Å². The first-order chi connectivity index (χ1) is 9.19. The van der Waals surface area contributed by atoms with Gasteiger partial charge in [0.1, 0.15) is 0 Å². The maximum absolute atomic E-state index is 10.6. The summed E-state index contributed by atoms with van der Waals surface area (Å²) in [6.07, 6.45) is 0.400. The lowest BCUT2D eigenvalue weighted by Crippen LogP contribution is -1.98. The molecule has 0 aliphatic rings. The van der Waals surface area contributed by atoms with Gasteiger partial charge in [0.2, 0.25) is 0 Å². The summed E-state index contributed by atoms with van der Waals surface area (Å²) in [5.74, 6) is 0. The number of thiophene rings is 1. The van der Waals surface area contributed by atoms with Crippen LogP contribution in [0.1, 0.15) is 11.1 Å². The number of benzene rings is 1. The molecule has 5 nitrogen and oxygen atoms in total. The second kappa shape index (κ2) is 5.98. The fourth-order valence-electron chi connectivity index (χ4n) is 1.59. The molecule has 0 unspecified atom stereocenters. The van der Waals surface area contributed by atoms with Crippen LogP contribution >= 0.6 is 11.3 Å². The smallest absolute Gasteiger partial charge is 0.324 e. The third-order valence-corrected chi connectivity index (χ3v) is 3.48. The summed E-state index contributed by atoms with van der Waals surface area (Å²) < 4.78 is 0. The minimum atomic E-state index is -0.384. The molecule has 0 saturated carbocycles.